The number of furan rings is 1. The number of nitrogens with one attached hydrogen (secondary N) is 1. The van der Waals surface area contributed by atoms with Crippen LogP contribution in [0.15, 0.2) is 33.8 Å². The van der Waals surface area contributed by atoms with Gasteiger partial charge in [-0.05, 0) is 19.1 Å². The number of anilines is 1. The van der Waals surface area contributed by atoms with Crippen molar-refractivity contribution in [3.63, 3.8) is 0 Å². The van der Waals surface area contributed by atoms with Crippen LogP contribution in [0.1, 0.15) is 24.0 Å². The lowest BCUT2D eigenvalue weighted by molar-refractivity contribution is -0.0459. The predicted octanol–water partition coefficient (Wildman–Crippen LogP) is 0.398. The fraction of sp³-hybridized carbons (Fsp3) is 0.467. The van der Waals surface area contributed by atoms with E-state index in [2.05, 4.69) is 10.3 Å². The molecule has 23 heavy (non-hydrogen) atoms. The van der Waals surface area contributed by atoms with Gasteiger partial charge < -0.3 is 24.7 Å². The number of ether oxygens (including phenoxy) is 1. The number of aromatic nitrogens is 2. The molecule has 8 nitrogen and oxygen atoms in total. The molecule has 3 heterocycles. The Morgan fingerprint density at radius 3 is 3.00 bits per heavy atom. The number of hydrogen-bond acceptors (Lipinski definition) is 7. The third-order valence-corrected chi connectivity index (χ3v) is 3.84. The first-order valence-electron chi connectivity index (χ1n) is 7.39. The van der Waals surface area contributed by atoms with Crippen LogP contribution in [-0.4, -0.2) is 38.6 Å². The minimum absolute atomic E-state index is 0.241. The van der Waals surface area contributed by atoms with Crippen LogP contribution in [0.2, 0.25) is 0 Å². The molecular formula is C15H19N3O5. The molecule has 1 fully saturated rings. The van der Waals surface area contributed by atoms with Crippen LogP contribution in [-0.2, 0) is 11.3 Å². The quantitative estimate of drug-likeness (QED) is 0.731. The molecule has 3 N–H and O–H groups in total. The van der Waals surface area contributed by atoms with Crippen molar-refractivity contribution < 1.29 is 19.4 Å². The molecule has 2 aromatic rings. The topological polar surface area (TPSA) is 110 Å². The SMILES string of the molecule is Cc1cn([C@H]2C[C@H](O)[C@@H](CO)O2)c(=O)nc1NCc1ccco1. The van der Waals surface area contributed by atoms with Crippen LogP contribution in [0.4, 0.5) is 5.82 Å². The highest BCUT2D eigenvalue weighted by atomic mass is 16.5. The van der Waals surface area contributed by atoms with Crippen molar-refractivity contribution in [3.8, 4) is 0 Å². The summed E-state index contributed by atoms with van der Waals surface area (Å²) in [5.41, 5.74) is 0.287. The smallest absolute Gasteiger partial charge is 0.351 e. The second-order valence-corrected chi connectivity index (χ2v) is 5.51. The largest absolute Gasteiger partial charge is 0.467 e. The van der Waals surface area contributed by atoms with Gasteiger partial charge >= 0.3 is 5.69 Å². The van der Waals surface area contributed by atoms with Gasteiger partial charge in [-0.15, -0.1) is 0 Å². The van der Waals surface area contributed by atoms with Crippen LogP contribution in [0.25, 0.3) is 0 Å². The summed E-state index contributed by atoms with van der Waals surface area (Å²) in [7, 11) is 0. The number of hydrogen-bond donors (Lipinski definition) is 3. The van der Waals surface area contributed by atoms with E-state index in [1.165, 1.54) is 4.57 Å². The molecule has 8 heteroatoms. The molecule has 0 saturated carbocycles. The average Bonchev–Trinajstić information content (AvgIpc) is 3.17. The zero-order valence-corrected chi connectivity index (χ0v) is 12.7. The molecule has 1 aliphatic heterocycles. The molecule has 1 aliphatic rings. The Kier molecular flexibility index (Phi) is 4.46. The van der Waals surface area contributed by atoms with Crippen molar-refractivity contribution in [1.29, 1.82) is 0 Å². The van der Waals surface area contributed by atoms with Crippen LogP contribution >= 0.6 is 0 Å². The predicted molar refractivity (Wildman–Crippen MR) is 80.9 cm³/mol. The molecular weight excluding hydrogens is 302 g/mol. The fourth-order valence-corrected chi connectivity index (χ4v) is 2.59. The van der Waals surface area contributed by atoms with E-state index in [1.807, 2.05) is 13.0 Å². The second kappa shape index (κ2) is 6.53. The van der Waals surface area contributed by atoms with Crippen molar-refractivity contribution in [2.24, 2.45) is 0 Å². The summed E-state index contributed by atoms with van der Waals surface area (Å²) < 4.78 is 12.1. The van der Waals surface area contributed by atoms with E-state index in [9.17, 15) is 9.90 Å². The van der Waals surface area contributed by atoms with Gasteiger partial charge in [0.2, 0.25) is 0 Å². The number of aliphatic hydroxyl groups is 2. The Balaban J connectivity index is 1.76. The van der Waals surface area contributed by atoms with Gasteiger partial charge in [0.05, 0.1) is 25.5 Å². The molecule has 3 rings (SSSR count). The lowest BCUT2D eigenvalue weighted by Crippen LogP contribution is -2.29. The van der Waals surface area contributed by atoms with Gasteiger partial charge in [-0.25, -0.2) is 4.79 Å². The summed E-state index contributed by atoms with van der Waals surface area (Å²) >= 11 is 0. The summed E-state index contributed by atoms with van der Waals surface area (Å²) in [4.78, 5) is 16.2. The van der Waals surface area contributed by atoms with Crippen LogP contribution in [0.5, 0.6) is 0 Å². The first-order valence-corrected chi connectivity index (χ1v) is 7.39. The standard InChI is InChI=1S/C15H19N3O5/c1-9-7-18(13-5-11(20)12(8-19)23-13)15(21)17-14(9)16-6-10-3-2-4-22-10/h2-4,7,11-13,19-20H,5-6,8H2,1H3,(H,16,17,21)/t11-,12+,13+/m0/s1. The molecule has 124 valence electrons. The van der Waals surface area contributed by atoms with Crippen LogP contribution in [0.3, 0.4) is 0 Å². The Labute approximate surface area is 132 Å². The first kappa shape index (κ1) is 15.7. The Hall–Kier alpha value is -2.16. The minimum atomic E-state index is -0.797. The maximum atomic E-state index is 12.2. The Bertz CT molecular complexity index is 712. The van der Waals surface area contributed by atoms with Gasteiger partial charge in [-0.1, -0.05) is 0 Å². The van der Waals surface area contributed by atoms with Crippen LogP contribution < -0.4 is 11.0 Å². The van der Waals surface area contributed by atoms with Gasteiger partial charge in [0.25, 0.3) is 0 Å². The highest BCUT2D eigenvalue weighted by molar-refractivity contribution is 5.41. The molecule has 0 amide bonds. The number of nitrogens with zero attached hydrogens (tertiary/aromatic N) is 2. The van der Waals surface area contributed by atoms with Gasteiger partial charge in [0.15, 0.2) is 0 Å². The van der Waals surface area contributed by atoms with Crippen molar-refractivity contribution in [1.82, 2.24) is 9.55 Å². The number of aliphatic hydroxyl groups excluding tert-OH is 2. The summed E-state index contributed by atoms with van der Waals surface area (Å²) in [5, 5.41) is 22.0. The van der Waals surface area contributed by atoms with E-state index in [-0.39, 0.29) is 13.0 Å². The van der Waals surface area contributed by atoms with E-state index in [0.717, 1.165) is 11.3 Å². The van der Waals surface area contributed by atoms with Gasteiger partial charge in [-0.2, -0.15) is 4.98 Å². The second-order valence-electron chi connectivity index (χ2n) is 5.51. The van der Waals surface area contributed by atoms with E-state index in [0.29, 0.717) is 12.4 Å². The zero-order chi connectivity index (χ0) is 16.4. The molecule has 0 aromatic carbocycles. The number of rotatable bonds is 5. The third-order valence-electron chi connectivity index (χ3n) is 3.84. The normalized spacial score (nSPS) is 24.0. The van der Waals surface area contributed by atoms with Gasteiger partial charge in [0, 0.05) is 18.2 Å². The summed E-state index contributed by atoms with van der Waals surface area (Å²) in [6, 6.07) is 3.61. The monoisotopic (exact) mass is 321 g/mol. The summed E-state index contributed by atoms with van der Waals surface area (Å²) in [5.74, 6) is 1.21. The average molecular weight is 321 g/mol. The Morgan fingerprint density at radius 2 is 2.35 bits per heavy atom. The summed E-state index contributed by atoms with van der Waals surface area (Å²) in [6.07, 6.45) is 1.36. The van der Waals surface area contributed by atoms with Gasteiger partial charge in [0.1, 0.15) is 23.9 Å². The van der Waals surface area contributed by atoms with Crippen molar-refractivity contribution in [2.75, 3.05) is 11.9 Å². The Morgan fingerprint density at radius 1 is 1.52 bits per heavy atom. The van der Waals surface area contributed by atoms with E-state index in [1.54, 1.807) is 18.5 Å². The molecule has 0 bridgehead atoms. The molecule has 0 radical (unpaired) electrons. The lowest BCUT2D eigenvalue weighted by Gasteiger charge is -2.16. The molecule has 0 unspecified atom stereocenters. The van der Waals surface area contributed by atoms with Crippen molar-refractivity contribution in [2.45, 2.75) is 38.3 Å². The molecule has 1 saturated heterocycles. The van der Waals surface area contributed by atoms with E-state index in [4.69, 9.17) is 14.3 Å². The maximum absolute atomic E-state index is 12.2. The maximum Gasteiger partial charge on any atom is 0.351 e. The molecule has 2 aromatic heterocycles. The van der Waals surface area contributed by atoms with Gasteiger partial charge in [-0.3, -0.25) is 4.57 Å². The summed E-state index contributed by atoms with van der Waals surface area (Å²) in [6.45, 7) is 1.96. The highest BCUT2D eigenvalue weighted by Gasteiger charge is 2.35. The molecule has 3 atom stereocenters. The fourth-order valence-electron chi connectivity index (χ4n) is 2.59. The third kappa shape index (κ3) is 3.29. The molecule has 0 spiro atoms. The van der Waals surface area contributed by atoms with E-state index >= 15 is 0 Å². The van der Waals surface area contributed by atoms with E-state index < -0.39 is 24.1 Å². The number of aryl methyl sites for hydroxylation is 1. The van der Waals surface area contributed by atoms with Crippen molar-refractivity contribution in [3.05, 3.63) is 46.4 Å². The van der Waals surface area contributed by atoms with Crippen LogP contribution in [0, 0.1) is 6.92 Å². The first-order chi connectivity index (χ1) is 11.1. The minimum Gasteiger partial charge on any atom is -0.467 e. The van der Waals surface area contributed by atoms with Crippen molar-refractivity contribution >= 4 is 5.82 Å². The highest BCUT2D eigenvalue weighted by Crippen LogP contribution is 2.27. The zero-order valence-electron chi connectivity index (χ0n) is 12.7. The lowest BCUT2D eigenvalue weighted by atomic mass is 10.2. The molecule has 0 aliphatic carbocycles.